The molecule has 0 aliphatic heterocycles. The molecule has 0 spiro atoms. The Morgan fingerprint density at radius 1 is 1.30 bits per heavy atom. The van der Waals surface area contributed by atoms with Gasteiger partial charge in [0, 0.05) is 12.6 Å². The number of ether oxygens (including phenoxy) is 1. The molecule has 1 rings (SSSR count). The summed E-state index contributed by atoms with van der Waals surface area (Å²) in [6.45, 7) is 7.37. The van der Waals surface area contributed by atoms with Crippen molar-refractivity contribution < 1.29 is 9.53 Å². The van der Waals surface area contributed by atoms with Crippen molar-refractivity contribution in [2.45, 2.75) is 33.4 Å². The van der Waals surface area contributed by atoms with Crippen LogP contribution >= 0.6 is 31.9 Å². The number of hydrogen-bond donors (Lipinski definition) is 2. The molecule has 112 valence electrons. The largest absolute Gasteiger partial charge is 0.492 e. The van der Waals surface area contributed by atoms with Crippen molar-refractivity contribution in [2.24, 2.45) is 0 Å². The molecule has 4 nitrogen and oxygen atoms in total. The average molecular weight is 408 g/mol. The molecule has 0 radical (unpaired) electrons. The Morgan fingerprint density at radius 2 is 1.90 bits per heavy atom. The van der Waals surface area contributed by atoms with Crippen molar-refractivity contribution in [3.05, 3.63) is 26.6 Å². The Hall–Kier alpha value is -0.590. The Morgan fingerprint density at radius 3 is 2.40 bits per heavy atom. The number of carbonyl (C=O) groups is 1. The van der Waals surface area contributed by atoms with Gasteiger partial charge in [0.15, 0.2) is 0 Å². The van der Waals surface area contributed by atoms with Gasteiger partial charge in [0.25, 0.3) is 0 Å². The van der Waals surface area contributed by atoms with E-state index in [4.69, 9.17) is 4.74 Å². The molecule has 20 heavy (non-hydrogen) atoms. The van der Waals surface area contributed by atoms with Crippen molar-refractivity contribution in [1.82, 2.24) is 10.6 Å². The molecule has 0 bridgehead atoms. The number of nitrogens with one attached hydrogen (secondary N) is 2. The van der Waals surface area contributed by atoms with Gasteiger partial charge in [-0.15, -0.1) is 0 Å². The minimum atomic E-state index is 0.00377. The molecule has 0 heterocycles. The second-order valence-electron chi connectivity index (χ2n) is 4.65. The molecule has 0 aliphatic carbocycles. The summed E-state index contributed by atoms with van der Waals surface area (Å²) in [5.74, 6) is 0.804. The lowest BCUT2D eigenvalue weighted by Gasteiger charge is -2.12. The Kier molecular flexibility index (Phi) is 7.55. The van der Waals surface area contributed by atoms with Crippen LogP contribution in [0.4, 0.5) is 0 Å². The number of halogens is 2. The SMILES string of the molecule is CCOc1c(Br)cc(CNCC(=O)NC(C)C)cc1Br. The molecule has 1 amide bonds. The predicted molar refractivity (Wildman–Crippen MR) is 88.0 cm³/mol. The molecule has 6 heteroatoms. The molecule has 1 aromatic carbocycles. The first kappa shape index (κ1) is 17.5. The molecule has 0 saturated carbocycles. The van der Waals surface area contributed by atoms with E-state index in [2.05, 4.69) is 42.5 Å². The fraction of sp³-hybridized carbons (Fsp3) is 0.500. The molecule has 0 fully saturated rings. The summed E-state index contributed by atoms with van der Waals surface area (Å²) < 4.78 is 7.33. The van der Waals surface area contributed by atoms with Crippen molar-refractivity contribution in [3.63, 3.8) is 0 Å². The number of carbonyl (C=O) groups excluding carboxylic acids is 1. The van der Waals surface area contributed by atoms with Gasteiger partial charge in [-0.2, -0.15) is 0 Å². The van der Waals surface area contributed by atoms with Crippen molar-refractivity contribution >= 4 is 37.8 Å². The van der Waals surface area contributed by atoms with Gasteiger partial charge in [-0.25, -0.2) is 0 Å². The second-order valence-corrected chi connectivity index (χ2v) is 6.36. The van der Waals surface area contributed by atoms with Gasteiger partial charge in [-0.1, -0.05) is 0 Å². The molecule has 1 aromatic rings. The van der Waals surface area contributed by atoms with E-state index in [1.54, 1.807) is 0 Å². The molecular formula is C14H20Br2N2O2. The van der Waals surface area contributed by atoms with Gasteiger partial charge in [0.05, 0.1) is 22.1 Å². The number of benzene rings is 1. The van der Waals surface area contributed by atoms with Crippen molar-refractivity contribution in [1.29, 1.82) is 0 Å². The summed E-state index contributed by atoms with van der Waals surface area (Å²) in [5.41, 5.74) is 1.07. The van der Waals surface area contributed by atoms with E-state index < -0.39 is 0 Å². The van der Waals surface area contributed by atoms with Gasteiger partial charge >= 0.3 is 0 Å². The highest BCUT2D eigenvalue weighted by Gasteiger charge is 2.09. The maximum Gasteiger partial charge on any atom is 0.234 e. The summed E-state index contributed by atoms with van der Waals surface area (Å²) in [6.07, 6.45) is 0. The standard InChI is InChI=1S/C14H20Br2N2O2/c1-4-20-14-11(15)5-10(6-12(14)16)7-17-8-13(19)18-9(2)3/h5-6,9,17H,4,7-8H2,1-3H3,(H,18,19). The van der Waals surface area contributed by atoms with Crippen LogP contribution in [0.15, 0.2) is 21.1 Å². The number of hydrogen-bond acceptors (Lipinski definition) is 3. The minimum absolute atomic E-state index is 0.00377. The normalized spacial score (nSPS) is 10.7. The van der Waals surface area contributed by atoms with Gasteiger partial charge in [0.2, 0.25) is 5.91 Å². The van der Waals surface area contributed by atoms with Gasteiger partial charge < -0.3 is 15.4 Å². The van der Waals surface area contributed by atoms with Crippen LogP contribution in [-0.2, 0) is 11.3 Å². The molecule has 0 aromatic heterocycles. The lowest BCUT2D eigenvalue weighted by atomic mass is 10.2. The summed E-state index contributed by atoms with van der Waals surface area (Å²) in [4.78, 5) is 11.5. The van der Waals surface area contributed by atoms with Crippen LogP contribution in [0.2, 0.25) is 0 Å². The Bertz CT molecular complexity index is 441. The third-order valence-electron chi connectivity index (χ3n) is 2.41. The zero-order chi connectivity index (χ0) is 15.1. The summed E-state index contributed by atoms with van der Waals surface area (Å²) in [6, 6.07) is 4.14. The van der Waals surface area contributed by atoms with Crippen LogP contribution in [0.3, 0.4) is 0 Å². The maximum atomic E-state index is 11.5. The first-order valence-electron chi connectivity index (χ1n) is 6.54. The van der Waals surface area contributed by atoms with E-state index in [1.165, 1.54) is 0 Å². The van der Waals surface area contributed by atoms with Crippen LogP contribution in [0.25, 0.3) is 0 Å². The summed E-state index contributed by atoms with van der Waals surface area (Å²) in [5, 5.41) is 5.96. The minimum Gasteiger partial charge on any atom is -0.492 e. The van der Waals surface area contributed by atoms with Crippen LogP contribution < -0.4 is 15.4 Å². The van der Waals surface area contributed by atoms with Crippen LogP contribution in [0, 0.1) is 0 Å². The average Bonchev–Trinajstić information content (AvgIpc) is 2.33. The van der Waals surface area contributed by atoms with E-state index in [9.17, 15) is 4.79 Å². The second kappa shape index (κ2) is 8.64. The fourth-order valence-electron chi connectivity index (χ4n) is 1.69. The van der Waals surface area contributed by atoms with Crippen LogP contribution in [-0.4, -0.2) is 25.1 Å². The highest BCUT2D eigenvalue weighted by Crippen LogP contribution is 2.34. The first-order chi connectivity index (χ1) is 9.43. The molecule has 0 aliphatic rings. The Balaban J connectivity index is 2.55. The smallest absolute Gasteiger partial charge is 0.234 e. The lowest BCUT2D eigenvalue weighted by molar-refractivity contribution is -0.120. The van der Waals surface area contributed by atoms with E-state index >= 15 is 0 Å². The number of amides is 1. The Labute approximate surface area is 136 Å². The van der Waals surface area contributed by atoms with E-state index in [1.807, 2.05) is 32.9 Å². The molecule has 0 atom stereocenters. The van der Waals surface area contributed by atoms with Gasteiger partial charge in [0.1, 0.15) is 5.75 Å². The van der Waals surface area contributed by atoms with E-state index in [-0.39, 0.29) is 11.9 Å². The quantitative estimate of drug-likeness (QED) is 0.729. The zero-order valence-electron chi connectivity index (χ0n) is 11.9. The molecule has 0 unspecified atom stereocenters. The highest BCUT2D eigenvalue weighted by molar-refractivity contribution is 9.11. The van der Waals surface area contributed by atoms with Crippen molar-refractivity contribution in [2.75, 3.05) is 13.2 Å². The topological polar surface area (TPSA) is 50.4 Å². The third-order valence-corrected chi connectivity index (χ3v) is 3.59. The summed E-state index contributed by atoms with van der Waals surface area (Å²) in [7, 11) is 0. The van der Waals surface area contributed by atoms with Gasteiger partial charge in [-0.05, 0) is 70.3 Å². The predicted octanol–water partition coefficient (Wildman–Crippen LogP) is 3.22. The lowest BCUT2D eigenvalue weighted by Crippen LogP contribution is -2.37. The van der Waals surface area contributed by atoms with Gasteiger partial charge in [-0.3, -0.25) is 4.79 Å². The van der Waals surface area contributed by atoms with E-state index in [0.29, 0.717) is 19.7 Å². The highest BCUT2D eigenvalue weighted by atomic mass is 79.9. The molecule has 2 N–H and O–H groups in total. The van der Waals surface area contributed by atoms with E-state index in [0.717, 1.165) is 20.3 Å². The molecule has 0 saturated heterocycles. The summed E-state index contributed by atoms with van der Waals surface area (Å²) >= 11 is 6.98. The first-order valence-corrected chi connectivity index (χ1v) is 8.13. The maximum absolute atomic E-state index is 11.5. The monoisotopic (exact) mass is 406 g/mol. The molecular weight excluding hydrogens is 388 g/mol. The number of rotatable bonds is 7. The van der Waals surface area contributed by atoms with Crippen LogP contribution in [0.5, 0.6) is 5.75 Å². The van der Waals surface area contributed by atoms with Crippen LogP contribution in [0.1, 0.15) is 26.3 Å². The zero-order valence-corrected chi connectivity index (χ0v) is 15.1. The van der Waals surface area contributed by atoms with Crippen molar-refractivity contribution in [3.8, 4) is 5.75 Å². The fourth-order valence-corrected chi connectivity index (χ4v) is 3.20. The third kappa shape index (κ3) is 5.81.